The van der Waals surface area contributed by atoms with E-state index in [9.17, 15) is 18.0 Å². The van der Waals surface area contributed by atoms with Crippen LogP contribution in [0, 0.1) is 0 Å². The number of hydrogen-bond acceptors (Lipinski definition) is 3. The topological polar surface area (TPSA) is 56.2 Å². The highest BCUT2D eigenvalue weighted by atomic mass is 19.4. The van der Waals surface area contributed by atoms with Crippen molar-refractivity contribution in [1.29, 1.82) is 0 Å². The Labute approximate surface area is 118 Å². The number of ether oxygens (including phenoxy) is 1. The number of amides is 1. The average Bonchev–Trinajstić information content (AvgIpc) is 2.87. The molecule has 1 aromatic carbocycles. The fourth-order valence-electron chi connectivity index (χ4n) is 1.71. The second kappa shape index (κ2) is 5.86. The lowest BCUT2D eigenvalue weighted by molar-refractivity contribution is -0.274. The van der Waals surface area contributed by atoms with Crippen molar-refractivity contribution in [3.8, 4) is 5.75 Å². The summed E-state index contributed by atoms with van der Waals surface area (Å²) in [5.41, 5.74) is 0.728. The summed E-state index contributed by atoms with van der Waals surface area (Å²) in [5.74, 6) is -0.738. The molecule has 1 amide bonds. The molecule has 2 aromatic rings. The van der Waals surface area contributed by atoms with Gasteiger partial charge < -0.3 is 10.1 Å². The molecular formula is C13H12F3N3O2. The van der Waals surface area contributed by atoms with E-state index in [1.165, 1.54) is 23.0 Å². The van der Waals surface area contributed by atoms with E-state index < -0.39 is 6.36 Å². The Hall–Kier alpha value is -2.51. The van der Waals surface area contributed by atoms with Crippen LogP contribution in [0.2, 0.25) is 0 Å². The average molecular weight is 299 g/mol. The third kappa shape index (κ3) is 3.98. The van der Waals surface area contributed by atoms with Crippen molar-refractivity contribution < 1.29 is 22.7 Å². The molecule has 8 heteroatoms. The quantitative estimate of drug-likeness (QED) is 0.944. The third-order valence-corrected chi connectivity index (χ3v) is 2.59. The maximum absolute atomic E-state index is 12.0. The second-order valence-electron chi connectivity index (χ2n) is 4.06. The Balaban J connectivity index is 2.05. The van der Waals surface area contributed by atoms with Gasteiger partial charge in [0.1, 0.15) is 11.4 Å². The molecule has 1 heterocycles. The minimum atomic E-state index is -4.74. The van der Waals surface area contributed by atoms with Crippen LogP contribution in [0.5, 0.6) is 5.75 Å². The molecule has 0 aliphatic rings. The second-order valence-corrected chi connectivity index (χ2v) is 4.06. The van der Waals surface area contributed by atoms with E-state index in [2.05, 4.69) is 15.2 Å². The van der Waals surface area contributed by atoms with Crippen molar-refractivity contribution in [2.24, 2.45) is 0 Å². The Morgan fingerprint density at radius 2 is 1.95 bits per heavy atom. The molecule has 0 unspecified atom stereocenters. The first-order valence-corrected chi connectivity index (χ1v) is 6.08. The molecule has 0 saturated heterocycles. The van der Waals surface area contributed by atoms with Crippen molar-refractivity contribution in [3.63, 3.8) is 0 Å². The largest absolute Gasteiger partial charge is 0.573 e. The number of nitrogens with one attached hydrogen (secondary N) is 1. The van der Waals surface area contributed by atoms with E-state index in [1.807, 2.05) is 6.92 Å². The van der Waals surface area contributed by atoms with Gasteiger partial charge in [0.2, 0.25) is 0 Å². The molecule has 0 aliphatic heterocycles. The van der Waals surface area contributed by atoms with Gasteiger partial charge in [0.05, 0.1) is 0 Å². The van der Waals surface area contributed by atoms with E-state index in [1.54, 1.807) is 6.07 Å². The van der Waals surface area contributed by atoms with Crippen molar-refractivity contribution in [1.82, 2.24) is 9.78 Å². The van der Waals surface area contributed by atoms with Gasteiger partial charge in [-0.3, -0.25) is 9.48 Å². The number of carbonyl (C=O) groups excluding carboxylic acids is 1. The van der Waals surface area contributed by atoms with Crippen LogP contribution in [0.3, 0.4) is 0 Å². The van der Waals surface area contributed by atoms with Crippen molar-refractivity contribution >= 4 is 11.6 Å². The smallest absolute Gasteiger partial charge is 0.406 e. The lowest BCUT2D eigenvalue weighted by atomic mass is 10.3. The summed E-state index contributed by atoms with van der Waals surface area (Å²) in [6.07, 6.45) is -3.24. The van der Waals surface area contributed by atoms with Gasteiger partial charge in [-0.25, -0.2) is 0 Å². The molecule has 2 rings (SSSR count). The van der Waals surface area contributed by atoms with Crippen LogP contribution in [-0.2, 0) is 6.54 Å². The first kappa shape index (κ1) is 14.9. The molecule has 0 aliphatic carbocycles. The Morgan fingerprint density at radius 1 is 1.29 bits per heavy atom. The number of anilines is 1. The number of benzene rings is 1. The SMILES string of the molecule is CCn1nccc1C(=O)Nc1ccc(OC(F)(F)F)cc1. The zero-order valence-electron chi connectivity index (χ0n) is 11.0. The molecule has 1 aromatic heterocycles. The molecule has 21 heavy (non-hydrogen) atoms. The first-order valence-electron chi connectivity index (χ1n) is 6.08. The molecule has 0 spiro atoms. The number of nitrogens with zero attached hydrogens (tertiary/aromatic N) is 2. The Bertz CT molecular complexity index is 620. The number of alkyl halides is 3. The van der Waals surface area contributed by atoms with Crippen LogP contribution in [0.25, 0.3) is 0 Å². The highest BCUT2D eigenvalue weighted by molar-refractivity contribution is 6.03. The zero-order chi connectivity index (χ0) is 15.5. The summed E-state index contributed by atoms with van der Waals surface area (Å²) >= 11 is 0. The van der Waals surface area contributed by atoms with Crippen molar-refractivity contribution in [2.45, 2.75) is 19.8 Å². The third-order valence-electron chi connectivity index (χ3n) is 2.59. The predicted molar refractivity (Wildman–Crippen MR) is 69.0 cm³/mol. The summed E-state index contributed by atoms with van der Waals surface area (Å²) in [7, 11) is 0. The van der Waals surface area contributed by atoms with E-state index in [0.29, 0.717) is 17.9 Å². The fourth-order valence-corrected chi connectivity index (χ4v) is 1.71. The van der Waals surface area contributed by atoms with Crippen molar-refractivity contribution in [2.75, 3.05) is 5.32 Å². The molecule has 0 saturated carbocycles. The van der Waals surface area contributed by atoms with Gasteiger partial charge in [0.25, 0.3) is 5.91 Å². The number of rotatable bonds is 4. The minimum absolute atomic E-state index is 0.348. The van der Waals surface area contributed by atoms with Crippen molar-refractivity contribution in [3.05, 3.63) is 42.2 Å². The predicted octanol–water partition coefficient (Wildman–Crippen LogP) is 3.05. The molecule has 0 radical (unpaired) electrons. The maximum atomic E-state index is 12.0. The molecule has 1 N–H and O–H groups in total. The van der Waals surface area contributed by atoms with Crippen LogP contribution in [0.15, 0.2) is 36.5 Å². The van der Waals surface area contributed by atoms with Gasteiger partial charge in [-0.15, -0.1) is 13.2 Å². The lowest BCUT2D eigenvalue weighted by Gasteiger charge is -2.10. The molecule has 0 bridgehead atoms. The zero-order valence-corrected chi connectivity index (χ0v) is 11.0. The molecule has 0 fully saturated rings. The fraction of sp³-hybridized carbons (Fsp3) is 0.231. The van der Waals surface area contributed by atoms with Gasteiger partial charge in [-0.2, -0.15) is 5.10 Å². The number of aryl methyl sites for hydroxylation is 1. The summed E-state index contributed by atoms with van der Waals surface area (Å²) in [5, 5.41) is 6.54. The highest BCUT2D eigenvalue weighted by Gasteiger charge is 2.30. The number of carbonyl (C=O) groups is 1. The summed E-state index contributed by atoms with van der Waals surface area (Å²) in [6, 6.07) is 6.46. The van der Waals surface area contributed by atoms with Crippen LogP contribution >= 0.6 is 0 Å². The Kier molecular flexibility index (Phi) is 4.15. The van der Waals surface area contributed by atoms with E-state index in [0.717, 1.165) is 12.1 Å². The van der Waals surface area contributed by atoms with Gasteiger partial charge in [0.15, 0.2) is 0 Å². The van der Waals surface area contributed by atoms with Gasteiger partial charge in [-0.05, 0) is 37.3 Å². The Morgan fingerprint density at radius 3 is 2.52 bits per heavy atom. The van der Waals surface area contributed by atoms with E-state index >= 15 is 0 Å². The van der Waals surface area contributed by atoms with Crippen LogP contribution in [0.4, 0.5) is 18.9 Å². The van der Waals surface area contributed by atoms with Crippen LogP contribution < -0.4 is 10.1 Å². The molecule has 112 valence electrons. The van der Waals surface area contributed by atoms with Gasteiger partial charge >= 0.3 is 6.36 Å². The minimum Gasteiger partial charge on any atom is -0.406 e. The van der Waals surface area contributed by atoms with Gasteiger partial charge in [0, 0.05) is 18.4 Å². The molecular weight excluding hydrogens is 287 g/mol. The normalized spacial score (nSPS) is 11.2. The molecule has 5 nitrogen and oxygen atoms in total. The summed E-state index contributed by atoms with van der Waals surface area (Å²) in [4.78, 5) is 12.0. The number of hydrogen-bond donors (Lipinski definition) is 1. The van der Waals surface area contributed by atoms with E-state index in [-0.39, 0.29) is 11.7 Å². The number of aromatic nitrogens is 2. The monoisotopic (exact) mass is 299 g/mol. The number of halogens is 3. The lowest BCUT2D eigenvalue weighted by Crippen LogP contribution is -2.18. The molecule has 0 atom stereocenters. The highest BCUT2D eigenvalue weighted by Crippen LogP contribution is 2.24. The van der Waals surface area contributed by atoms with Crippen LogP contribution in [0.1, 0.15) is 17.4 Å². The standard InChI is InChI=1S/C13H12F3N3O2/c1-2-19-11(7-8-17-19)12(20)18-9-3-5-10(6-4-9)21-13(14,15)16/h3-8H,2H2,1H3,(H,18,20). The van der Waals surface area contributed by atoms with Gasteiger partial charge in [-0.1, -0.05) is 0 Å². The van der Waals surface area contributed by atoms with Crippen LogP contribution in [-0.4, -0.2) is 22.1 Å². The maximum Gasteiger partial charge on any atom is 0.573 e. The summed E-state index contributed by atoms with van der Waals surface area (Å²) in [6.45, 7) is 2.38. The first-order chi connectivity index (χ1) is 9.89. The summed E-state index contributed by atoms with van der Waals surface area (Å²) < 4.78 is 41.3. The van der Waals surface area contributed by atoms with E-state index in [4.69, 9.17) is 0 Å².